The fourth-order valence-electron chi connectivity index (χ4n) is 1.82. The number of hydrogen-bond donors (Lipinski definition) is 2. The van der Waals surface area contributed by atoms with E-state index >= 15 is 0 Å². The van der Waals surface area contributed by atoms with Gasteiger partial charge in [-0.15, -0.1) is 0 Å². The zero-order chi connectivity index (χ0) is 12.9. The van der Waals surface area contributed by atoms with Crippen LogP contribution in [0.25, 0.3) is 0 Å². The molecule has 1 rings (SSSR count). The van der Waals surface area contributed by atoms with Crippen LogP contribution in [-0.2, 0) is 0 Å². The van der Waals surface area contributed by atoms with Crippen molar-refractivity contribution in [2.24, 2.45) is 5.92 Å². The standard InChI is InChI=1S/C13H20N2O2/c1-10(2)7-13(3,17)9-15-12(16)11-5-4-6-14-8-11/h4-6,8,10,17H,7,9H2,1-3H3,(H,15,16). The Labute approximate surface area is 102 Å². The average molecular weight is 236 g/mol. The van der Waals surface area contributed by atoms with Gasteiger partial charge in [0.25, 0.3) is 5.91 Å². The molecular weight excluding hydrogens is 216 g/mol. The van der Waals surface area contributed by atoms with Crippen LogP contribution in [0.4, 0.5) is 0 Å². The van der Waals surface area contributed by atoms with Gasteiger partial charge in [-0.1, -0.05) is 13.8 Å². The number of amides is 1. The number of rotatable bonds is 5. The molecule has 0 radical (unpaired) electrons. The topological polar surface area (TPSA) is 62.2 Å². The Bertz CT molecular complexity index is 361. The van der Waals surface area contributed by atoms with E-state index in [0.29, 0.717) is 17.9 Å². The first kappa shape index (κ1) is 13.6. The molecule has 1 amide bonds. The SMILES string of the molecule is CC(C)CC(C)(O)CNC(=O)c1cccnc1. The fourth-order valence-corrected chi connectivity index (χ4v) is 1.82. The first-order valence-electron chi connectivity index (χ1n) is 5.81. The van der Waals surface area contributed by atoms with Gasteiger partial charge in [-0.2, -0.15) is 0 Å². The number of carbonyl (C=O) groups is 1. The quantitative estimate of drug-likeness (QED) is 0.816. The predicted octanol–water partition coefficient (Wildman–Crippen LogP) is 1.61. The number of nitrogens with one attached hydrogen (secondary N) is 1. The van der Waals surface area contributed by atoms with Crippen molar-refractivity contribution in [1.82, 2.24) is 10.3 Å². The van der Waals surface area contributed by atoms with Gasteiger partial charge in [0, 0.05) is 18.9 Å². The number of pyridine rings is 1. The van der Waals surface area contributed by atoms with E-state index in [4.69, 9.17) is 0 Å². The minimum atomic E-state index is -0.869. The highest BCUT2D eigenvalue weighted by Crippen LogP contribution is 2.15. The third-order valence-electron chi connectivity index (χ3n) is 2.40. The van der Waals surface area contributed by atoms with Crippen LogP contribution < -0.4 is 5.32 Å². The maximum Gasteiger partial charge on any atom is 0.252 e. The Morgan fingerprint density at radius 2 is 2.29 bits per heavy atom. The molecule has 4 nitrogen and oxygen atoms in total. The molecular formula is C13H20N2O2. The third-order valence-corrected chi connectivity index (χ3v) is 2.40. The molecule has 1 atom stereocenters. The van der Waals surface area contributed by atoms with E-state index < -0.39 is 5.60 Å². The maximum atomic E-state index is 11.7. The van der Waals surface area contributed by atoms with E-state index in [1.54, 1.807) is 25.3 Å². The molecule has 1 aromatic rings. The number of nitrogens with zero attached hydrogens (tertiary/aromatic N) is 1. The van der Waals surface area contributed by atoms with Crippen LogP contribution in [0.5, 0.6) is 0 Å². The van der Waals surface area contributed by atoms with Gasteiger partial charge in [0.05, 0.1) is 11.2 Å². The maximum absolute atomic E-state index is 11.7. The summed E-state index contributed by atoms with van der Waals surface area (Å²) in [6.45, 7) is 6.06. The average Bonchev–Trinajstić information content (AvgIpc) is 2.25. The summed E-state index contributed by atoms with van der Waals surface area (Å²) in [5, 5.41) is 12.8. The lowest BCUT2D eigenvalue weighted by Crippen LogP contribution is -2.41. The second-order valence-corrected chi connectivity index (χ2v) is 5.02. The smallest absolute Gasteiger partial charge is 0.252 e. The molecule has 4 heteroatoms. The number of carbonyl (C=O) groups excluding carboxylic acids is 1. The summed E-state index contributed by atoms with van der Waals surface area (Å²) in [7, 11) is 0. The zero-order valence-electron chi connectivity index (χ0n) is 10.6. The lowest BCUT2D eigenvalue weighted by atomic mass is 9.94. The molecule has 0 saturated carbocycles. The predicted molar refractivity (Wildman–Crippen MR) is 66.6 cm³/mol. The molecule has 0 spiro atoms. The van der Waals surface area contributed by atoms with Gasteiger partial charge in [0.1, 0.15) is 0 Å². The van der Waals surface area contributed by atoms with E-state index in [-0.39, 0.29) is 12.5 Å². The Hall–Kier alpha value is -1.42. The molecule has 94 valence electrons. The highest BCUT2D eigenvalue weighted by molar-refractivity contribution is 5.93. The van der Waals surface area contributed by atoms with Crippen LogP contribution in [-0.4, -0.2) is 28.1 Å². The van der Waals surface area contributed by atoms with Crippen LogP contribution in [0, 0.1) is 5.92 Å². The minimum Gasteiger partial charge on any atom is -0.388 e. The van der Waals surface area contributed by atoms with Gasteiger partial charge in [0.2, 0.25) is 0 Å². The Balaban J connectivity index is 2.48. The summed E-state index contributed by atoms with van der Waals surface area (Å²) in [6, 6.07) is 3.40. The zero-order valence-corrected chi connectivity index (χ0v) is 10.6. The summed E-state index contributed by atoms with van der Waals surface area (Å²) in [4.78, 5) is 15.6. The van der Waals surface area contributed by atoms with Crippen molar-refractivity contribution in [3.63, 3.8) is 0 Å². The molecule has 1 aromatic heterocycles. The van der Waals surface area contributed by atoms with Crippen molar-refractivity contribution in [3.8, 4) is 0 Å². The Morgan fingerprint density at radius 3 is 2.82 bits per heavy atom. The number of aromatic nitrogens is 1. The van der Waals surface area contributed by atoms with Gasteiger partial charge in [-0.05, 0) is 31.4 Å². The summed E-state index contributed by atoms with van der Waals surface area (Å²) in [6.07, 6.45) is 3.78. The molecule has 0 aliphatic heterocycles. The van der Waals surface area contributed by atoms with Gasteiger partial charge in [0.15, 0.2) is 0 Å². The van der Waals surface area contributed by atoms with Crippen molar-refractivity contribution in [1.29, 1.82) is 0 Å². The van der Waals surface area contributed by atoms with Crippen LogP contribution in [0.3, 0.4) is 0 Å². The van der Waals surface area contributed by atoms with Crippen LogP contribution >= 0.6 is 0 Å². The van der Waals surface area contributed by atoms with E-state index in [9.17, 15) is 9.90 Å². The number of aliphatic hydroxyl groups is 1. The summed E-state index contributed by atoms with van der Waals surface area (Å²) < 4.78 is 0. The van der Waals surface area contributed by atoms with E-state index in [1.165, 1.54) is 6.20 Å². The normalized spacial score (nSPS) is 14.4. The second kappa shape index (κ2) is 5.77. The van der Waals surface area contributed by atoms with Crippen LogP contribution in [0.15, 0.2) is 24.5 Å². The van der Waals surface area contributed by atoms with E-state index in [1.807, 2.05) is 13.8 Å². The van der Waals surface area contributed by atoms with Gasteiger partial charge in [-0.25, -0.2) is 0 Å². The number of hydrogen-bond acceptors (Lipinski definition) is 3. The molecule has 2 N–H and O–H groups in total. The molecule has 1 unspecified atom stereocenters. The van der Waals surface area contributed by atoms with Gasteiger partial charge < -0.3 is 10.4 Å². The third kappa shape index (κ3) is 4.95. The monoisotopic (exact) mass is 236 g/mol. The van der Waals surface area contributed by atoms with Crippen molar-refractivity contribution in [2.45, 2.75) is 32.8 Å². The molecule has 0 saturated heterocycles. The lowest BCUT2D eigenvalue weighted by Gasteiger charge is -2.25. The fraction of sp³-hybridized carbons (Fsp3) is 0.538. The second-order valence-electron chi connectivity index (χ2n) is 5.02. The van der Waals surface area contributed by atoms with Crippen LogP contribution in [0.1, 0.15) is 37.6 Å². The van der Waals surface area contributed by atoms with E-state index in [2.05, 4.69) is 10.3 Å². The van der Waals surface area contributed by atoms with E-state index in [0.717, 1.165) is 0 Å². The van der Waals surface area contributed by atoms with Crippen molar-refractivity contribution >= 4 is 5.91 Å². The largest absolute Gasteiger partial charge is 0.388 e. The Kier molecular flexibility index (Phi) is 4.63. The lowest BCUT2D eigenvalue weighted by molar-refractivity contribution is 0.0368. The van der Waals surface area contributed by atoms with Crippen molar-refractivity contribution in [3.05, 3.63) is 30.1 Å². The van der Waals surface area contributed by atoms with Crippen molar-refractivity contribution < 1.29 is 9.90 Å². The first-order valence-corrected chi connectivity index (χ1v) is 5.81. The molecule has 0 fully saturated rings. The van der Waals surface area contributed by atoms with Crippen molar-refractivity contribution in [2.75, 3.05) is 6.54 Å². The first-order chi connectivity index (χ1) is 7.91. The van der Waals surface area contributed by atoms with Crippen LogP contribution in [0.2, 0.25) is 0 Å². The summed E-state index contributed by atoms with van der Waals surface area (Å²) >= 11 is 0. The molecule has 0 aliphatic carbocycles. The highest BCUT2D eigenvalue weighted by atomic mass is 16.3. The molecule has 0 aromatic carbocycles. The Morgan fingerprint density at radius 1 is 1.59 bits per heavy atom. The molecule has 1 heterocycles. The summed E-state index contributed by atoms with van der Waals surface area (Å²) in [5.74, 6) is 0.183. The molecule has 17 heavy (non-hydrogen) atoms. The minimum absolute atomic E-state index is 0.206. The molecule has 0 bridgehead atoms. The van der Waals surface area contributed by atoms with Gasteiger partial charge >= 0.3 is 0 Å². The summed E-state index contributed by atoms with van der Waals surface area (Å²) in [5.41, 5.74) is -0.362. The van der Waals surface area contributed by atoms with Gasteiger partial charge in [-0.3, -0.25) is 9.78 Å². The highest BCUT2D eigenvalue weighted by Gasteiger charge is 2.22. The molecule has 0 aliphatic rings.